The lowest BCUT2D eigenvalue weighted by Gasteiger charge is -2.15. The second-order valence-electron chi connectivity index (χ2n) is 4.22. The van der Waals surface area contributed by atoms with Gasteiger partial charge in [-0.2, -0.15) is 0 Å². The zero-order valence-electron chi connectivity index (χ0n) is 10.8. The Bertz CT molecular complexity index is 596. The molecule has 1 N–H and O–H groups in total. The summed E-state index contributed by atoms with van der Waals surface area (Å²) in [6.07, 6.45) is 0.881. The molecule has 4 heteroatoms. The van der Waals surface area contributed by atoms with Gasteiger partial charge in [-0.15, -0.1) is 0 Å². The Balaban J connectivity index is 2.83. The number of hydrogen-bond acceptors (Lipinski definition) is 2. The van der Waals surface area contributed by atoms with E-state index in [9.17, 15) is 4.39 Å². The number of aryl methyl sites for hydroxylation is 1. The number of rotatable bonds is 3. The van der Waals surface area contributed by atoms with E-state index < -0.39 is 5.82 Å². The normalized spacial score (nSPS) is 10.9. The van der Waals surface area contributed by atoms with Gasteiger partial charge in [0.15, 0.2) is 0 Å². The standard InChI is InChI=1S/C14H16ClFN2/c1-4-9-8(3)18-13-7-12(16)11(15)6-10(13)14(9)17-5-2/h6-7H,4-5H2,1-3H3,(H,17,18). The van der Waals surface area contributed by atoms with Crippen LogP contribution in [0.15, 0.2) is 12.1 Å². The number of hydrogen-bond donors (Lipinski definition) is 1. The molecule has 0 saturated heterocycles. The van der Waals surface area contributed by atoms with Crippen molar-refractivity contribution in [1.82, 2.24) is 4.98 Å². The van der Waals surface area contributed by atoms with Gasteiger partial charge >= 0.3 is 0 Å². The summed E-state index contributed by atoms with van der Waals surface area (Å²) in [5.41, 5.74) is 3.75. The Labute approximate surface area is 111 Å². The van der Waals surface area contributed by atoms with E-state index in [0.717, 1.165) is 35.3 Å². The van der Waals surface area contributed by atoms with E-state index in [1.807, 2.05) is 13.8 Å². The van der Waals surface area contributed by atoms with Gasteiger partial charge in [0.05, 0.1) is 10.5 Å². The number of nitrogens with zero attached hydrogens (tertiary/aromatic N) is 1. The Hall–Kier alpha value is -1.35. The molecule has 2 aromatic rings. The first-order valence-electron chi connectivity index (χ1n) is 6.10. The van der Waals surface area contributed by atoms with Gasteiger partial charge in [-0.05, 0) is 31.9 Å². The molecule has 0 amide bonds. The number of benzene rings is 1. The Morgan fingerprint density at radius 3 is 2.67 bits per heavy atom. The summed E-state index contributed by atoms with van der Waals surface area (Å²) in [5, 5.41) is 4.35. The molecule has 0 fully saturated rings. The fraction of sp³-hybridized carbons (Fsp3) is 0.357. The van der Waals surface area contributed by atoms with Crippen molar-refractivity contribution in [3.63, 3.8) is 0 Å². The van der Waals surface area contributed by atoms with E-state index in [1.165, 1.54) is 6.07 Å². The van der Waals surface area contributed by atoms with Crippen LogP contribution in [0.3, 0.4) is 0 Å². The van der Waals surface area contributed by atoms with Gasteiger partial charge in [0, 0.05) is 29.4 Å². The summed E-state index contributed by atoms with van der Waals surface area (Å²) < 4.78 is 13.5. The number of nitrogens with one attached hydrogen (secondary N) is 1. The quantitative estimate of drug-likeness (QED) is 0.894. The van der Waals surface area contributed by atoms with Gasteiger partial charge in [0.2, 0.25) is 0 Å². The maximum Gasteiger partial charge on any atom is 0.143 e. The van der Waals surface area contributed by atoms with Crippen molar-refractivity contribution >= 4 is 28.2 Å². The molecule has 0 unspecified atom stereocenters. The molecule has 1 aromatic carbocycles. The zero-order chi connectivity index (χ0) is 13.3. The first-order chi connectivity index (χ1) is 8.58. The van der Waals surface area contributed by atoms with Crippen LogP contribution in [0.1, 0.15) is 25.1 Å². The van der Waals surface area contributed by atoms with Crippen molar-refractivity contribution in [2.45, 2.75) is 27.2 Å². The third-order valence-corrected chi connectivity index (χ3v) is 3.33. The van der Waals surface area contributed by atoms with E-state index in [1.54, 1.807) is 6.07 Å². The van der Waals surface area contributed by atoms with E-state index in [0.29, 0.717) is 5.52 Å². The molecule has 2 rings (SSSR count). The number of aromatic nitrogens is 1. The Morgan fingerprint density at radius 1 is 1.33 bits per heavy atom. The largest absolute Gasteiger partial charge is 0.384 e. The van der Waals surface area contributed by atoms with Crippen molar-refractivity contribution in [1.29, 1.82) is 0 Å². The summed E-state index contributed by atoms with van der Waals surface area (Å²) >= 11 is 5.86. The molecule has 2 nitrogen and oxygen atoms in total. The van der Waals surface area contributed by atoms with Crippen LogP contribution in [0.25, 0.3) is 10.9 Å². The molecule has 0 saturated carbocycles. The van der Waals surface area contributed by atoms with Crippen molar-refractivity contribution < 1.29 is 4.39 Å². The van der Waals surface area contributed by atoms with Crippen molar-refractivity contribution in [3.05, 3.63) is 34.2 Å². The highest BCUT2D eigenvalue weighted by Gasteiger charge is 2.13. The van der Waals surface area contributed by atoms with Gasteiger partial charge in [-0.1, -0.05) is 18.5 Å². The van der Waals surface area contributed by atoms with Gasteiger partial charge in [0.25, 0.3) is 0 Å². The predicted octanol–water partition coefficient (Wildman–Crippen LogP) is 4.33. The first-order valence-corrected chi connectivity index (χ1v) is 6.48. The minimum atomic E-state index is -0.428. The van der Waals surface area contributed by atoms with Crippen LogP contribution in [0.2, 0.25) is 5.02 Å². The minimum absolute atomic E-state index is 0.134. The van der Waals surface area contributed by atoms with Crippen molar-refractivity contribution in [2.75, 3.05) is 11.9 Å². The summed E-state index contributed by atoms with van der Waals surface area (Å²) in [6.45, 7) is 6.88. The Kier molecular flexibility index (Phi) is 3.71. The molecule has 0 aliphatic rings. The second kappa shape index (κ2) is 5.11. The van der Waals surface area contributed by atoms with Crippen LogP contribution in [0.4, 0.5) is 10.1 Å². The highest BCUT2D eigenvalue weighted by molar-refractivity contribution is 6.31. The minimum Gasteiger partial charge on any atom is -0.384 e. The molecule has 0 aliphatic heterocycles. The maximum atomic E-state index is 13.5. The summed E-state index contributed by atoms with van der Waals surface area (Å²) in [6, 6.07) is 3.04. The molecular weight excluding hydrogens is 251 g/mol. The number of anilines is 1. The fourth-order valence-electron chi connectivity index (χ4n) is 2.23. The summed E-state index contributed by atoms with van der Waals surface area (Å²) in [4.78, 5) is 4.45. The number of pyridine rings is 1. The third kappa shape index (κ3) is 2.15. The Morgan fingerprint density at radius 2 is 2.06 bits per heavy atom. The molecule has 18 heavy (non-hydrogen) atoms. The molecular formula is C14H16ClFN2. The molecule has 1 aromatic heterocycles. The van der Waals surface area contributed by atoms with E-state index in [4.69, 9.17) is 11.6 Å². The summed E-state index contributed by atoms with van der Waals surface area (Å²) in [5.74, 6) is -0.428. The average molecular weight is 267 g/mol. The van der Waals surface area contributed by atoms with Crippen LogP contribution < -0.4 is 5.32 Å². The van der Waals surface area contributed by atoms with Crippen LogP contribution in [0.5, 0.6) is 0 Å². The molecule has 96 valence electrons. The topological polar surface area (TPSA) is 24.9 Å². The number of fused-ring (bicyclic) bond motifs is 1. The van der Waals surface area contributed by atoms with E-state index in [2.05, 4.69) is 17.2 Å². The van der Waals surface area contributed by atoms with Gasteiger partial charge < -0.3 is 5.32 Å². The monoisotopic (exact) mass is 266 g/mol. The lowest BCUT2D eigenvalue weighted by Crippen LogP contribution is -2.05. The summed E-state index contributed by atoms with van der Waals surface area (Å²) in [7, 11) is 0. The predicted molar refractivity (Wildman–Crippen MR) is 75.0 cm³/mol. The fourth-order valence-corrected chi connectivity index (χ4v) is 2.40. The molecule has 0 aliphatic carbocycles. The second-order valence-corrected chi connectivity index (χ2v) is 4.63. The van der Waals surface area contributed by atoms with Crippen LogP contribution >= 0.6 is 11.6 Å². The van der Waals surface area contributed by atoms with E-state index in [-0.39, 0.29) is 5.02 Å². The lowest BCUT2D eigenvalue weighted by molar-refractivity contribution is 0.630. The molecule has 0 atom stereocenters. The SMILES string of the molecule is CCNc1c(CC)c(C)nc2cc(F)c(Cl)cc12. The molecule has 0 spiro atoms. The van der Waals surface area contributed by atoms with Crippen molar-refractivity contribution in [2.24, 2.45) is 0 Å². The highest BCUT2D eigenvalue weighted by atomic mass is 35.5. The first kappa shape index (κ1) is 13.1. The molecule has 0 radical (unpaired) electrons. The van der Waals surface area contributed by atoms with Crippen LogP contribution in [0, 0.1) is 12.7 Å². The van der Waals surface area contributed by atoms with E-state index >= 15 is 0 Å². The van der Waals surface area contributed by atoms with Gasteiger partial charge in [0.1, 0.15) is 5.82 Å². The van der Waals surface area contributed by atoms with Gasteiger partial charge in [-0.3, -0.25) is 4.98 Å². The maximum absolute atomic E-state index is 13.5. The number of halogens is 2. The smallest absolute Gasteiger partial charge is 0.143 e. The van der Waals surface area contributed by atoms with Crippen molar-refractivity contribution in [3.8, 4) is 0 Å². The van der Waals surface area contributed by atoms with Crippen LogP contribution in [-0.4, -0.2) is 11.5 Å². The van der Waals surface area contributed by atoms with Crippen LogP contribution in [-0.2, 0) is 6.42 Å². The third-order valence-electron chi connectivity index (χ3n) is 3.04. The zero-order valence-corrected chi connectivity index (χ0v) is 11.5. The molecule has 0 bridgehead atoms. The lowest BCUT2D eigenvalue weighted by atomic mass is 10.0. The highest BCUT2D eigenvalue weighted by Crippen LogP contribution is 2.32. The average Bonchev–Trinajstić information content (AvgIpc) is 2.32. The van der Waals surface area contributed by atoms with Gasteiger partial charge in [-0.25, -0.2) is 4.39 Å². The molecule has 1 heterocycles.